The standard InChI is InChI=1S/C16H20INO/c1-11-3-2-4-14(15(11)17)16(19)18(9-12-5-6-12)10-13-7-8-13/h2-4,12-13H,5-10H2,1H3. The lowest BCUT2D eigenvalue weighted by molar-refractivity contribution is 0.0738. The molecule has 0 atom stereocenters. The van der Waals surface area contributed by atoms with Crippen LogP contribution in [0.5, 0.6) is 0 Å². The molecule has 2 nitrogen and oxygen atoms in total. The number of carbonyl (C=O) groups is 1. The van der Waals surface area contributed by atoms with Gasteiger partial charge in [0, 0.05) is 16.7 Å². The van der Waals surface area contributed by atoms with E-state index in [1.54, 1.807) is 0 Å². The number of aryl methyl sites for hydroxylation is 1. The van der Waals surface area contributed by atoms with Crippen LogP contribution in [0.3, 0.4) is 0 Å². The molecule has 102 valence electrons. The number of hydrogen-bond acceptors (Lipinski definition) is 1. The third kappa shape index (κ3) is 3.30. The first-order chi connectivity index (χ1) is 9.15. The van der Waals surface area contributed by atoms with Crippen LogP contribution in [0.2, 0.25) is 0 Å². The van der Waals surface area contributed by atoms with Crippen molar-refractivity contribution in [2.45, 2.75) is 32.6 Å². The Morgan fingerprint density at radius 2 is 1.79 bits per heavy atom. The molecule has 2 aliphatic rings. The quantitative estimate of drug-likeness (QED) is 0.722. The van der Waals surface area contributed by atoms with E-state index in [0.29, 0.717) is 0 Å². The maximum atomic E-state index is 12.8. The van der Waals surface area contributed by atoms with Gasteiger partial charge in [-0.25, -0.2) is 0 Å². The lowest BCUT2D eigenvalue weighted by Gasteiger charge is -2.23. The predicted octanol–water partition coefficient (Wildman–Crippen LogP) is 3.86. The van der Waals surface area contributed by atoms with E-state index in [4.69, 9.17) is 0 Å². The van der Waals surface area contributed by atoms with Gasteiger partial charge in [-0.2, -0.15) is 0 Å². The summed E-state index contributed by atoms with van der Waals surface area (Å²) in [5.41, 5.74) is 2.09. The van der Waals surface area contributed by atoms with Crippen molar-refractivity contribution in [1.29, 1.82) is 0 Å². The Kier molecular flexibility index (Phi) is 3.83. The van der Waals surface area contributed by atoms with Crippen LogP contribution < -0.4 is 0 Å². The van der Waals surface area contributed by atoms with E-state index < -0.39 is 0 Å². The molecule has 2 fully saturated rings. The molecule has 0 unspecified atom stereocenters. The van der Waals surface area contributed by atoms with Gasteiger partial charge in [0.25, 0.3) is 5.91 Å². The topological polar surface area (TPSA) is 20.3 Å². The van der Waals surface area contributed by atoms with E-state index in [2.05, 4.69) is 40.5 Å². The van der Waals surface area contributed by atoms with Gasteiger partial charge in [0.15, 0.2) is 0 Å². The zero-order valence-electron chi connectivity index (χ0n) is 11.4. The average Bonchev–Trinajstić information content (AvgIpc) is 3.26. The molecule has 0 N–H and O–H groups in total. The van der Waals surface area contributed by atoms with Crippen LogP contribution in [0.15, 0.2) is 18.2 Å². The Hall–Kier alpha value is -0.580. The molecule has 0 heterocycles. The molecular formula is C16H20INO. The van der Waals surface area contributed by atoms with Gasteiger partial charge >= 0.3 is 0 Å². The summed E-state index contributed by atoms with van der Waals surface area (Å²) in [5, 5.41) is 0. The maximum Gasteiger partial charge on any atom is 0.254 e. The largest absolute Gasteiger partial charge is 0.338 e. The Bertz CT molecular complexity index is 478. The summed E-state index contributed by atoms with van der Waals surface area (Å²) >= 11 is 2.30. The van der Waals surface area contributed by atoms with Gasteiger partial charge in [0.05, 0.1) is 5.56 Å². The number of halogens is 1. The number of hydrogen-bond donors (Lipinski definition) is 0. The molecule has 3 heteroatoms. The molecule has 0 bridgehead atoms. The molecule has 1 amide bonds. The third-order valence-corrected chi connectivity index (χ3v) is 5.49. The van der Waals surface area contributed by atoms with Gasteiger partial charge in [-0.15, -0.1) is 0 Å². The molecule has 0 saturated heterocycles. The number of amides is 1. The number of benzene rings is 1. The van der Waals surface area contributed by atoms with Crippen molar-refractivity contribution in [1.82, 2.24) is 4.90 Å². The van der Waals surface area contributed by atoms with E-state index in [-0.39, 0.29) is 5.91 Å². The monoisotopic (exact) mass is 369 g/mol. The van der Waals surface area contributed by atoms with Crippen LogP contribution in [0.4, 0.5) is 0 Å². The molecule has 0 aromatic heterocycles. The van der Waals surface area contributed by atoms with Gasteiger partial charge in [-0.1, -0.05) is 12.1 Å². The smallest absolute Gasteiger partial charge is 0.254 e. The molecule has 2 saturated carbocycles. The highest BCUT2D eigenvalue weighted by Gasteiger charge is 2.32. The van der Waals surface area contributed by atoms with Gasteiger partial charge in [0.2, 0.25) is 0 Å². The fraction of sp³-hybridized carbons (Fsp3) is 0.562. The van der Waals surface area contributed by atoms with E-state index in [9.17, 15) is 4.79 Å². The number of nitrogens with zero attached hydrogens (tertiary/aromatic N) is 1. The fourth-order valence-corrected chi connectivity index (χ4v) is 3.04. The van der Waals surface area contributed by atoms with Crippen LogP contribution in [0, 0.1) is 22.3 Å². The minimum atomic E-state index is 0.242. The van der Waals surface area contributed by atoms with Crippen LogP contribution in [0.1, 0.15) is 41.6 Å². The zero-order chi connectivity index (χ0) is 13.4. The molecule has 1 aromatic carbocycles. The van der Waals surface area contributed by atoms with E-state index in [1.165, 1.54) is 31.2 Å². The van der Waals surface area contributed by atoms with Crippen molar-refractivity contribution < 1.29 is 4.79 Å². The van der Waals surface area contributed by atoms with Gasteiger partial charge < -0.3 is 4.90 Å². The molecule has 2 aliphatic carbocycles. The summed E-state index contributed by atoms with van der Waals surface area (Å²) in [6.07, 6.45) is 5.22. The first kappa shape index (κ1) is 13.4. The highest BCUT2D eigenvalue weighted by atomic mass is 127. The highest BCUT2D eigenvalue weighted by Crippen LogP contribution is 2.34. The molecule has 1 aromatic rings. The summed E-state index contributed by atoms with van der Waals surface area (Å²) in [6, 6.07) is 6.05. The molecular weight excluding hydrogens is 349 g/mol. The predicted molar refractivity (Wildman–Crippen MR) is 85.2 cm³/mol. The molecule has 19 heavy (non-hydrogen) atoms. The first-order valence-corrected chi connectivity index (χ1v) is 8.27. The van der Waals surface area contributed by atoms with Crippen molar-refractivity contribution in [3.05, 3.63) is 32.9 Å². The first-order valence-electron chi connectivity index (χ1n) is 7.19. The Labute approximate surface area is 128 Å². The summed E-state index contributed by atoms with van der Waals surface area (Å²) in [5.74, 6) is 1.78. The molecule has 0 aliphatic heterocycles. The summed E-state index contributed by atoms with van der Waals surface area (Å²) < 4.78 is 1.11. The van der Waals surface area contributed by atoms with Gasteiger partial charge in [-0.05, 0) is 78.7 Å². The Morgan fingerprint density at radius 1 is 1.21 bits per heavy atom. The summed E-state index contributed by atoms with van der Waals surface area (Å²) in [7, 11) is 0. The maximum absolute atomic E-state index is 12.8. The lowest BCUT2D eigenvalue weighted by Crippen LogP contribution is -2.35. The second-order valence-corrected chi connectivity index (χ2v) is 7.11. The van der Waals surface area contributed by atoms with Crippen molar-refractivity contribution in [3.8, 4) is 0 Å². The lowest BCUT2D eigenvalue weighted by atomic mass is 10.1. The average molecular weight is 369 g/mol. The van der Waals surface area contributed by atoms with Crippen LogP contribution in [-0.4, -0.2) is 23.9 Å². The summed E-state index contributed by atoms with van der Waals surface area (Å²) in [6.45, 7) is 4.02. The van der Waals surface area contributed by atoms with Crippen LogP contribution >= 0.6 is 22.6 Å². The van der Waals surface area contributed by atoms with Crippen molar-refractivity contribution >= 4 is 28.5 Å². The minimum absolute atomic E-state index is 0.242. The SMILES string of the molecule is Cc1cccc(C(=O)N(CC2CC2)CC2CC2)c1I. The normalized spacial score (nSPS) is 18.4. The summed E-state index contributed by atoms with van der Waals surface area (Å²) in [4.78, 5) is 14.9. The minimum Gasteiger partial charge on any atom is -0.338 e. The second kappa shape index (κ2) is 5.43. The number of carbonyl (C=O) groups excluding carboxylic acids is 1. The highest BCUT2D eigenvalue weighted by molar-refractivity contribution is 14.1. The van der Waals surface area contributed by atoms with Gasteiger partial charge in [0.1, 0.15) is 0 Å². The third-order valence-electron chi connectivity index (χ3n) is 4.06. The van der Waals surface area contributed by atoms with Crippen LogP contribution in [-0.2, 0) is 0 Å². The molecule has 0 spiro atoms. The Balaban J connectivity index is 1.79. The second-order valence-electron chi connectivity index (χ2n) is 6.03. The zero-order valence-corrected chi connectivity index (χ0v) is 13.5. The van der Waals surface area contributed by atoms with Crippen molar-refractivity contribution in [2.24, 2.45) is 11.8 Å². The fourth-order valence-electron chi connectivity index (χ4n) is 2.45. The Morgan fingerprint density at radius 3 is 2.32 bits per heavy atom. The van der Waals surface area contributed by atoms with Gasteiger partial charge in [-0.3, -0.25) is 4.79 Å². The molecule has 0 radical (unpaired) electrons. The van der Waals surface area contributed by atoms with E-state index >= 15 is 0 Å². The van der Waals surface area contributed by atoms with Crippen molar-refractivity contribution in [3.63, 3.8) is 0 Å². The number of rotatable bonds is 5. The van der Waals surface area contributed by atoms with Crippen LogP contribution in [0.25, 0.3) is 0 Å². The van der Waals surface area contributed by atoms with Crippen molar-refractivity contribution in [2.75, 3.05) is 13.1 Å². The van der Waals surface area contributed by atoms with E-state index in [0.717, 1.165) is 34.1 Å². The van der Waals surface area contributed by atoms with E-state index in [1.807, 2.05) is 12.1 Å². The molecule has 3 rings (SSSR count).